The van der Waals surface area contributed by atoms with Crippen molar-refractivity contribution in [2.24, 2.45) is 5.92 Å². The molecule has 0 saturated carbocycles. The average Bonchev–Trinajstić information content (AvgIpc) is 3.13. The van der Waals surface area contributed by atoms with Crippen molar-refractivity contribution in [3.05, 3.63) is 64.2 Å². The molecule has 1 amide bonds. The molecule has 29 heavy (non-hydrogen) atoms. The lowest BCUT2D eigenvalue weighted by Gasteiger charge is -2.47. The highest BCUT2D eigenvalue weighted by Crippen LogP contribution is 2.32. The molecule has 2 atom stereocenters. The summed E-state index contributed by atoms with van der Waals surface area (Å²) in [7, 11) is 0. The lowest BCUT2D eigenvalue weighted by molar-refractivity contribution is 0.0172. The van der Waals surface area contributed by atoms with Gasteiger partial charge in [-0.15, -0.1) is 0 Å². The highest BCUT2D eigenvalue weighted by atomic mass is 16.2. The standard InChI is InChI=1S/C22H25N5O2/c28-21(18-9-8-17-20(23-18)25-22(29)24-17)27-12-10-19-16(14-27)7-4-11-26(19)13-15-5-2-1-3-6-15/h1-3,5-6,8-9,16,19H,4,7,10-14H2,(H2,23,24,25,29). The minimum atomic E-state index is -0.307. The molecule has 2 saturated heterocycles. The number of aromatic nitrogens is 3. The van der Waals surface area contributed by atoms with Gasteiger partial charge in [-0.2, -0.15) is 0 Å². The summed E-state index contributed by atoms with van der Waals surface area (Å²) in [5.74, 6) is 0.452. The van der Waals surface area contributed by atoms with E-state index in [4.69, 9.17) is 0 Å². The van der Waals surface area contributed by atoms with E-state index < -0.39 is 0 Å². The second-order valence-corrected chi connectivity index (χ2v) is 8.14. The van der Waals surface area contributed by atoms with E-state index in [0.29, 0.717) is 28.8 Å². The van der Waals surface area contributed by atoms with Crippen LogP contribution >= 0.6 is 0 Å². The van der Waals surface area contributed by atoms with Crippen molar-refractivity contribution in [1.82, 2.24) is 24.8 Å². The normalized spacial score (nSPS) is 22.6. The first-order chi connectivity index (χ1) is 14.2. The third-order valence-electron chi connectivity index (χ3n) is 6.29. The molecule has 2 N–H and O–H groups in total. The molecule has 150 valence electrons. The van der Waals surface area contributed by atoms with E-state index in [2.05, 4.69) is 50.2 Å². The van der Waals surface area contributed by atoms with Gasteiger partial charge in [0.15, 0.2) is 5.65 Å². The number of pyridine rings is 1. The molecule has 1 aromatic carbocycles. The van der Waals surface area contributed by atoms with E-state index in [0.717, 1.165) is 39.0 Å². The molecule has 3 aromatic rings. The Morgan fingerprint density at radius 2 is 1.93 bits per heavy atom. The lowest BCUT2D eigenvalue weighted by atomic mass is 9.83. The second kappa shape index (κ2) is 7.48. The van der Waals surface area contributed by atoms with Crippen LogP contribution in [0.3, 0.4) is 0 Å². The van der Waals surface area contributed by atoms with Gasteiger partial charge in [-0.05, 0) is 49.4 Å². The van der Waals surface area contributed by atoms with Crippen LogP contribution in [0.15, 0.2) is 47.3 Å². The van der Waals surface area contributed by atoms with Gasteiger partial charge in [-0.25, -0.2) is 9.78 Å². The number of hydrogen-bond donors (Lipinski definition) is 2. The summed E-state index contributed by atoms with van der Waals surface area (Å²) < 4.78 is 0. The van der Waals surface area contributed by atoms with Crippen molar-refractivity contribution in [2.75, 3.05) is 19.6 Å². The first-order valence-electron chi connectivity index (χ1n) is 10.3. The number of aromatic amines is 2. The van der Waals surface area contributed by atoms with Crippen molar-refractivity contribution in [2.45, 2.75) is 31.8 Å². The number of piperidine rings is 2. The fraction of sp³-hybridized carbons (Fsp3) is 0.409. The molecule has 2 unspecified atom stereocenters. The quantitative estimate of drug-likeness (QED) is 0.718. The minimum absolute atomic E-state index is 0.0485. The molecule has 0 spiro atoms. The summed E-state index contributed by atoms with van der Waals surface area (Å²) in [6.45, 7) is 3.63. The van der Waals surface area contributed by atoms with E-state index in [9.17, 15) is 9.59 Å². The largest absolute Gasteiger partial charge is 0.337 e. The molecule has 0 aliphatic carbocycles. The number of imidazole rings is 1. The van der Waals surface area contributed by atoms with Crippen LogP contribution in [0, 0.1) is 5.92 Å². The van der Waals surface area contributed by atoms with Gasteiger partial charge in [0, 0.05) is 25.7 Å². The SMILES string of the molecule is O=C(c1ccc2[nH]c(=O)[nH]c2n1)N1CCC2C(CCCN2Cc2ccccc2)C1. The van der Waals surface area contributed by atoms with Crippen LogP contribution in [0.2, 0.25) is 0 Å². The van der Waals surface area contributed by atoms with Crippen LogP contribution in [-0.2, 0) is 6.54 Å². The Kier molecular flexibility index (Phi) is 4.67. The summed E-state index contributed by atoms with van der Waals surface area (Å²) in [6, 6.07) is 14.6. The van der Waals surface area contributed by atoms with Gasteiger partial charge in [0.2, 0.25) is 0 Å². The van der Waals surface area contributed by atoms with Gasteiger partial charge in [0.05, 0.1) is 5.52 Å². The second-order valence-electron chi connectivity index (χ2n) is 8.14. The van der Waals surface area contributed by atoms with Crippen LogP contribution in [0.25, 0.3) is 11.2 Å². The number of rotatable bonds is 3. The first kappa shape index (κ1) is 18.1. The summed E-state index contributed by atoms with van der Waals surface area (Å²) in [6.07, 6.45) is 3.33. The molecule has 2 aliphatic heterocycles. The van der Waals surface area contributed by atoms with Crippen molar-refractivity contribution in [3.8, 4) is 0 Å². The topological polar surface area (TPSA) is 85.1 Å². The van der Waals surface area contributed by atoms with E-state index in [-0.39, 0.29) is 11.6 Å². The molecule has 2 aromatic heterocycles. The molecule has 2 fully saturated rings. The fourth-order valence-electron chi connectivity index (χ4n) is 4.90. The highest BCUT2D eigenvalue weighted by Gasteiger charge is 2.37. The van der Waals surface area contributed by atoms with Crippen LogP contribution in [0.5, 0.6) is 0 Å². The predicted molar refractivity (Wildman–Crippen MR) is 111 cm³/mol. The van der Waals surface area contributed by atoms with Crippen LogP contribution in [0.1, 0.15) is 35.3 Å². The third-order valence-corrected chi connectivity index (χ3v) is 6.29. The number of H-pyrrole nitrogens is 2. The Hall–Kier alpha value is -2.93. The maximum atomic E-state index is 13.0. The molecule has 0 radical (unpaired) electrons. The van der Waals surface area contributed by atoms with Crippen molar-refractivity contribution < 1.29 is 4.79 Å². The van der Waals surface area contributed by atoms with Gasteiger partial charge in [0.1, 0.15) is 5.69 Å². The summed E-state index contributed by atoms with van der Waals surface area (Å²) >= 11 is 0. The van der Waals surface area contributed by atoms with E-state index in [1.54, 1.807) is 12.1 Å². The zero-order valence-corrected chi connectivity index (χ0v) is 16.3. The smallest absolute Gasteiger partial charge is 0.325 e. The Labute approximate surface area is 168 Å². The molecule has 0 bridgehead atoms. The number of nitrogens with one attached hydrogen (secondary N) is 2. The number of carbonyl (C=O) groups is 1. The van der Waals surface area contributed by atoms with Gasteiger partial charge < -0.3 is 9.88 Å². The maximum Gasteiger partial charge on any atom is 0.325 e. The molecule has 2 aliphatic rings. The van der Waals surface area contributed by atoms with E-state index in [1.807, 2.05) is 4.90 Å². The zero-order valence-electron chi connectivity index (χ0n) is 16.3. The van der Waals surface area contributed by atoms with Gasteiger partial charge in [-0.3, -0.25) is 14.7 Å². The number of likely N-dealkylation sites (tertiary alicyclic amines) is 2. The molecule has 7 nitrogen and oxygen atoms in total. The maximum absolute atomic E-state index is 13.0. The van der Waals surface area contributed by atoms with Gasteiger partial charge >= 0.3 is 5.69 Å². The molecule has 7 heteroatoms. The van der Waals surface area contributed by atoms with Crippen LogP contribution < -0.4 is 5.69 Å². The number of carbonyl (C=O) groups excluding carboxylic acids is 1. The number of nitrogens with zero attached hydrogens (tertiary/aromatic N) is 3. The predicted octanol–water partition coefficient (Wildman–Crippen LogP) is 2.38. The Balaban J connectivity index is 1.29. The number of fused-ring (bicyclic) bond motifs is 2. The Morgan fingerprint density at radius 3 is 2.79 bits per heavy atom. The fourth-order valence-corrected chi connectivity index (χ4v) is 4.90. The van der Waals surface area contributed by atoms with Crippen molar-refractivity contribution in [3.63, 3.8) is 0 Å². The molecular weight excluding hydrogens is 366 g/mol. The third kappa shape index (κ3) is 3.58. The Bertz CT molecular complexity index is 1070. The first-order valence-corrected chi connectivity index (χ1v) is 10.3. The molecule has 4 heterocycles. The van der Waals surface area contributed by atoms with E-state index >= 15 is 0 Å². The molecular formula is C22H25N5O2. The summed E-state index contributed by atoms with van der Waals surface area (Å²) in [5, 5.41) is 0. The lowest BCUT2D eigenvalue weighted by Crippen LogP contribution is -2.54. The zero-order chi connectivity index (χ0) is 19.8. The van der Waals surface area contributed by atoms with E-state index in [1.165, 1.54) is 12.0 Å². The number of amides is 1. The highest BCUT2D eigenvalue weighted by molar-refractivity contribution is 5.94. The number of hydrogen-bond acceptors (Lipinski definition) is 4. The van der Waals surface area contributed by atoms with Gasteiger partial charge in [-0.1, -0.05) is 30.3 Å². The summed E-state index contributed by atoms with van der Waals surface area (Å²) in [5.41, 5.74) is 2.49. The monoisotopic (exact) mass is 391 g/mol. The van der Waals surface area contributed by atoms with Gasteiger partial charge in [0.25, 0.3) is 5.91 Å². The number of benzene rings is 1. The van der Waals surface area contributed by atoms with Crippen LogP contribution in [0.4, 0.5) is 0 Å². The minimum Gasteiger partial charge on any atom is -0.337 e. The summed E-state index contributed by atoms with van der Waals surface area (Å²) in [4.78, 5) is 38.7. The Morgan fingerprint density at radius 1 is 1.07 bits per heavy atom. The molecule has 5 rings (SSSR count). The average molecular weight is 391 g/mol. The van der Waals surface area contributed by atoms with Crippen molar-refractivity contribution >= 4 is 17.1 Å². The van der Waals surface area contributed by atoms with Crippen molar-refractivity contribution in [1.29, 1.82) is 0 Å². The van der Waals surface area contributed by atoms with Crippen LogP contribution in [-0.4, -0.2) is 56.3 Å².